The van der Waals surface area contributed by atoms with E-state index in [0.29, 0.717) is 6.04 Å². The second kappa shape index (κ2) is 6.08. The van der Waals surface area contributed by atoms with Crippen molar-refractivity contribution < 1.29 is 0 Å². The summed E-state index contributed by atoms with van der Waals surface area (Å²) in [5.41, 5.74) is 2.76. The van der Waals surface area contributed by atoms with Crippen molar-refractivity contribution in [2.75, 3.05) is 6.54 Å². The summed E-state index contributed by atoms with van der Waals surface area (Å²) in [6.07, 6.45) is 1.10. The van der Waals surface area contributed by atoms with E-state index in [2.05, 4.69) is 60.9 Å². The van der Waals surface area contributed by atoms with E-state index in [-0.39, 0.29) is 0 Å². The van der Waals surface area contributed by atoms with E-state index in [9.17, 15) is 0 Å². The van der Waals surface area contributed by atoms with Gasteiger partial charge in [0.15, 0.2) is 0 Å². The lowest BCUT2D eigenvalue weighted by Gasteiger charge is -2.17. The Morgan fingerprint density at radius 2 is 1.85 bits per heavy atom. The highest BCUT2D eigenvalue weighted by Crippen LogP contribution is 2.35. The van der Waals surface area contributed by atoms with Gasteiger partial charge in [0, 0.05) is 14.3 Å². The number of hydrogen-bond acceptors (Lipinski definition) is 3. The van der Waals surface area contributed by atoms with E-state index < -0.39 is 0 Å². The van der Waals surface area contributed by atoms with Crippen molar-refractivity contribution in [3.8, 4) is 0 Å². The molecule has 0 amide bonds. The number of fused-ring (bicyclic) bond motifs is 1. The molecule has 0 aliphatic rings. The van der Waals surface area contributed by atoms with Gasteiger partial charge in [-0.3, -0.25) is 0 Å². The number of benzene rings is 1. The topological polar surface area (TPSA) is 12.0 Å². The van der Waals surface area contributed by atoms with Gasteiger partial charge in [-0.2, -0.15) is 0 Å². The molecule has 0 radical (unpaired) electrons. The van der Waals surface area contributed by atoms with Gasteiger partial charge in [0.1, 0.15) is 0 Å². The largest absolute Gasteiger partial charge is 0.306 e. The van der Waals surface area contributed by atoms with Crippen LogP contribution in [0, 0.1) is 0 Å². The first-order valence-corrected chi connectivity index (χ1v) is 8.80. The molecule has 3 rings (SSSR count). The average Bonchev–Trinajstić information content (AvgIpc) is 3.06. The van der Waals surface area contributed by atoms with E-state index in [4.69, 9.17) is 0 Å². The van der Waals surface area contributed by atoms with Gasteiger partial charge in [-0.1, -0.05) is 38.1 Å². The third-order valence-electron chi connectivity index (χ3n) is 3.57. The van der Waals surface area contributed by atoms with E-state index in [0.717, 1.165) is 13.0 Å². The molecule has 1 atom stereocenters. The van der Waals surface area contributed by atoms with Crippen LogP contribution in [0.25, 0.3) is 9.40 Å². The molecule has 0 spiro atoms. The lowest BCUT2D eigenvalue weighted by Crippen LogP contribution is -2.21. The van der Waals surface area contributed by atoms with E-state index in [1.807, 2.05) is 22.7 Å². The minimum absolute atomic E-state index is 0.315. The average molecular weight is 301 g/mol. The molecule has 0 saturated carbocycles. The first-order valence-electron chi connectivity index (χ1n) is 7.11. The fourth-order valence-electron chi connectivity index (χ4n) is 2.46. The van der Waals surface area contributed by atoms with Gasteiger partial charge in [0.2, 0.25) is 0 Å². The van der Waals surface area contributed by atoms with Gasteiger partial charge in [-0.25, -0.2) is 0 Å². The molecule has 3 heteroatoms. The van der Waals surface area contributed by atoms with Gasteiger partial charge in [0.05, 0.1) is 6.04 Å². The molecular formula is C17H19NS2. The predicted molar refractivity (Wildman–Crippen MR) is 91.0 cm³/mol. The number of nitrogens with one attached hydrogen (secondary N) is 1. The minimum atomic E-state index is 0.315. The third-order valence-corrected chi connectivity index (χ3v) is 5.73. The molecule has 0 aliphatic carbocycles. The van der Waals surface area contributed by atoms with Crippen LogP contribution in [0.1, 0.15) is 35.9 Å². The highest BCUT2D eigenvalue weighted by atomic mass is 32.1. The third kappa shape index (κ3) is 2.66. The summed E-state index contributed by atoms with van der Waals surface area (Å²) in [6, 6.07) is 13.9. The van der Waals surface area contributed by atoms with Crippen LogP contribution in [0.4, 0.5) is 0 Å². The van der Waals surface area contributed by atoms with Crippen molar-refractivity contribution in [1.29, 1.82) is 0 Å². The zero-order valence-electron chi connectivity index (χ0n) is 11.8. The van der Waals surface area contributed by atoms with Crippen LogP contribution in [-0.4, -0.2) is 6.54 Å². The second-order valence-electron chi connectivity index (χ2n) is 4.88. The van der Waals surface area contributed by atoms with Crippen LogP contribution in [0.5, 0.6) is 0 Å². The Bertz CT molecular complexity index is 650. The van der Waals surface area contributed by atoms with Gasteiger partial charge < -0.3 is 5.32 Å². The molecule has 1 unspecified atom stereocenters. The van der Waals surface area contributed by atoms with Gasteiger partial charge in [0.25, 0.3) is 0 Å². The first kappa shape index (κ1) is 13.8. The van der Waals surface area contributed by atoms with Crippen LogP contribution >= 0.6 is 22.7 Å². The maximum Gasteiger partial charge on any atom is 0.0671 e. The van der Waals surface area contributed by atoms with Crippen LogP contribution < -0.4 is 5.32 Å². The van der Waals surface area contributed by atoms with E-state index >= 15 is 0 Å². The second-order valence-corrected chi connectivity index (χ2v) is 6.95. The molecule has 2 aromatic heterocycles. The Morgan fingerprint density at radius 3 is 2.50 bits per heavy atom. The van der Waals surface area contributed by atoms with Crippen molar-refractivity contribution in [1.82, 2.24) is 5.32 Å². The maximum absolute atomic E-state index is 3.62. The normalized spacial score (nSPS) is 12.9. The summed E-state index contributed by atoms with van der Waals surface area (Å²) >= 11 is 3.73. The summed E-state index contributed by atoms with van der Waals surface area (Å²) < 4.78 is 2.80. The van der Waals surface area contributed by atoms with Crippen LogP contribution in [0.2, 0.25) is 0 Å². The molecule has 0 saturated heterocycles. The molecule has 1 aromatic carbocycles. The monoisotopic (exact) mass is 301 g/mol. The molecule has 0 aliphatic heterocycles. The zero-order chi connectivity index (χ0) is 13.9. The summed E-state index contributed by atoms with van der Waals surface area (Å²) in [5, 5.41) is 5.79. The molecule has 0 bridgehead atoms. The van der Waals surface area contributed by atoms with Crippen molar-refractivity contribution in [2.45, 2.75) is 26.3 Å². The van der Waals surface area contributed by atoms with Crippen LogP contribution in [0.15, 0.2) is 41.8 Å². The molecule has 1 nitrogen and oxygen atoms in total. The summed E-state index contributed by atoms with van der Waals surface area (Å²) in [6.45, 7) is 5.35. The zero-order valence-corrected chi connectivity index (χ0v) is 13.5. The molecule has 0 fully saturated rings. The van der Waals surface area contributed by atoms with Crippen molar-refractivity contribution in [3.63, 3.8) is 0 Å². The van der Waals surface area contributed by atoms with E-state index in [1.54, 1.807) is 0 Å². The van der Waals surface area contributed by atoms with Gasteiger partial charge in [-0.05, 0) is 41.6 Å². The molecule has 104 valence electrons. The van der Waals surface area contributed by atoms with Gasteiger partial charge in [-0.15, -0.1) is 22.7 Å². The Balaban J connectivity index is 1.96. The minimum Gasteiger partial charge on any atom is -0.306 e. The molecule has 3 aromatic rings. The fourth-order valence-corrected chi connectivity index (χ4v) is 4.68. The smallest absolute Gasteiger partial charge is 0.0671 e. The summed E-state index contributed by atoms with van der Waals surface area (Å²) in [5.74, 6) is 0. The quantitative estimate of drug-likeness (QED) is 0.681. The Kier molecular flexibility index (Phi) is 4.20. The number of hydrogen-bond donors (Lipinski definition) is 1. The SMILES string of the molecule is CCNC(c1ccc(CC)cc1)c1cc2sccc2s1. The Hall–Kier alpha value is -1.16. The summed E-state index contributed by atoms with van der Waals surface area (Å²) in [7, 11) is 0. The molecule has 1 N–H and O–H groups in total. The lowest BCUT2D eigenvalue weighted by atomic mass is 10.0. The number of thiophene rings is 2. The highest BCUT2D eigenvalue weighted by molar-refractivity contribution is 7.27. The van der Waals surface area contributed by atoms with Crippen molar-refractivity contribution in [2.24, 2.45) is 0 Å². The highest BCUT2D eigenvalue weighted by Gasteiger charge is 2.16. The lowest BCUT2D eigenvalue weighted by molar-refractivity contribution is 0.640. The standard InChI is InChI=1S/C17H19NS2/c1-3-12-5-7-13(8-6-12)17(18-4-2)16-11-15-14(20-16)9-10-19-15/h5-11,17-18H,3-4H2,1-2H3. The maximum atomic E-state index is 3.62. The molecular weight excluding hydrogens is 282 g/mol. The number of rotatable bonds is 5. The van der Waals surface area contributed by atoms with Crippen LogP contribution in [-0.2, 0) is 6.42 Å². The van der Waals surface area contributed by atoms with Crippen molar-refractivity contribution >= 4 is 32.1 Å². The predicted octanol–water partition coefficient (Wildman–Crippen LogP) is 5.22. The fraction of sp³-hybridized carbons (Fsp3) is 0.294. The van der Waals surface area contributed by atoms with E-state index in [1.165, 1.54) is 25.4 Å². The molecule has 2 heterocycles. The van der Waals surface area contributed by atoms with Gasteiger partial charge >= 0.3 is 0 Å². The summed E-state index contributed by atoms with van der Waals surface area (Å²) in [4.78, 5) is 1.41. The first-order chi connectivity index (χ1) is 9.81. The van der Waals surface area contributed by atoms with Crippen molar-refractivity contribution in [3.05, 3.63) is 57.8 Å². The Morgan fingerprint density at radius 1 is 1.05 bits per heavy atom. The Labute approximate surface area is 128 Å². The molecule has 20 heavy (non-hydrogen) atoms. The number of aryl methyl sites for hydroxylation is 1. The van der Waals surface area contributed by atoms with Crippen LogP contribution in [0.3, 0.4) is 0 Å².